The summed E-state index contributed by atoms with van der Waals surface area (Å²) in [5.74, 6) is -1.77. The monoisotopic (exact) mass is 325 g/mol. The SMILES string of the molecule is CCOC(=O)Cc1cnc(CBr)c(C(F)F)c1F. The predicted molar refractivity (Wildman–Crippen MR) is 62.1 cm³/mol. The Morgan fingerprint density at radius 1 is 1.56 bits per heavy atom. The second kappa shape index (κ2) is 6.72. The first-order valence-electron chi connectivity index (χ1n) is 5.17. The molecule has 0 saturated heterocycles. The van der Waals surface area contributed by atoms with Crippen molar-refractivity contribution in [2.75, 3.05) is 6.61 Å². The number of esters is 1. The molecule has 0 unspecified atom stereocenters. The second-order valence-corrected chi connectivity index (χ2v) is 3.93. The number of pyridine rings is 1. The molecule has 0 atom stereocenters. The summed E-state index contributed by atoms with van der Waals surface area (Å²) in [6.45, 7) is 1.75. The van der Waals surface area contributed by atoms with Gasteiger partial charge in [-0.3, -0.25) is 9.78 Å². The maximum absolute atomic E-state index is 13.8. The minimum atomic E-state index is -2.98. The van der Waals surface area contributed by atoms with Crippen molar-refractivity contribution in [3.63, 3.8) is 0 Å². The van der Waals surface area contributed by atoms with Crippen LogP contribution in [-0.2, 0) is 21.3 Å². The van der Waals surface area contributed by atoms with Crippen molar-refractivity contribution in [2.24, 2.45) is 0 Å². The predicted octanol–water partition coefficient (Wildman–Crippen LogP) is 3.16. The van der Waals surface area contributed by atoms with E-state index in [1.54, 1.807) is 6.92 Å². The molecule has 7 heteroatoms. The van der Waals surface area contributed by atoms with Crippen LogP contribution in [0, 0.1) is 5.82 Å². The maximum Gasteiger partial charge on any atom is 0.310 e. The minimum absolute atomic E-state index is 0.0171. The summed E-state index contributed by atoms with van der Waals surface area (Å²) in [5, 5.41) is 0.0171. The number of alkyl halides is 3. The number of rotatable bonds is 5. The molecule has 1 heterocycles. The molecule has 0 aromatic carbocycles. The van der Waals surface area contributed by atoms with Crippen molar-refractivity contribution in [2.45, 2.75) is 25.1 Å². The van der Waals surface area contributed by atoms with Crippen molar-refractivity contribution in [3.8, 4) is 0 Å². The van der Waals surface area contributed by atoms with Gasteiger partial charge in [0.15, 0.2) is 0 Å². The number of nitrogens with zero attached hydrogens (tertiary/aromatic N) is 1. The van der Waals surface area contributed by atoms with Crippen LogP contribution in [0.5, 0.6) is 0 Å². The van der Waals surface area contributed by atoms with Crippen LogP contribution in [-0.4, -0.2) is 17.6 Å². The Kier molecular flexibility index (Phi) is 5.58. The zero-order valence-electron chi connectivity index (χ0n) is 9.55. The van der Waals surface area contributed by atoms with E-state index in [2.05, 4.69) is 25.7 Å². The lowest BCUT2D eigenvalue weighted by molar-refractivity contribution is -0.142. The average molecular weight is 326 g/mol. The van der Waals surface area contributed by atoms with Crippen LogP contribution in [0.15, 0.2) is 6.20 Å². The molecule has 1 aromatic heterocycles. The minimum Gasteiger partial charge on any atom is -0.466 e. The summed E-state index contributed by atoms with van der Waals surface area (Å²) < 4.78 is 43.9. The van der Waals surface area contributed by atoms with Gasteiger partial charge in [0.2, 0.25) is 0 Å². The smallest absolute Gasteiger partial charge is 0.310 e. The van der Waals surface area contributed by atoms with E-state index < -0.39 is 30.2 Å². The van der Waals surface area contributed by atoms with Crippen LogP contribution in [0.1, 0.15) is 30.2 Å². The van der Waals surface area contributed by atoms with Crippen molar-refractivity contribution in [1.82, 2.24) is 4.98 Å². The third-order valence-corrected chi connectivity index (χ3v) is 2.72. The van der Waals surface area contributed by atoms with Gasteiger partial charge in [0, 0.05) is 17.1 Å². The molecule has 1 rings (SSSR count). The highest BCUT2D eigenvalue weighted by Crippen LogP contribution is 2.28. The Labute approximate surface area is 110 Å². The normalized spacial score (nSPS) is 10.8. The first-order chi connectivity index (χ1) is 8.51. The van der Waals surface area contributed by atoms with E-state index in [-0.39, 0.29) is 23.2 Å². The number of carbonyl (C=O) groups is 1. The molecule has 0 spiro atoms. The Morgan fingerprint density at radius 2 is 2.22 bits per heavy atom. The lowest BCUT2D eigenvalue weighted by atomic mass is 10.1. The van der Waals surface area contributed by atoms with E-state index in [4.69, 9.17) is 0 Å². The van der Waals surface area contributed by atoms with Crippen molar-refractivity contribution in [3.05, 3.63) is 28.8 Å². The quantitative estimate of drug-likeness (QED) is 0.616. The van der Waals surface area contributed by atoms with E-state index in [9.17, 15) is 18.0 Å². The number of halogens is 4. The fourth-order valence-corrected chi connectivity index (χ4v) is 1.85. The highest BCUT2D eigenvalue weighted by Gasteiger charge is 2.23. The van der Waals surface area contributed by atoms with Gasteiger partial charge in [-0.2, -0.15) is 0 Å². The highest BCUT2D eigenvalue weighted by molar-refractivity contribution is 9.08. The van der Waals surface area contributed by atoms with E-state index in [0.29, 0.717) is 0 Å². The van der Waals surface area contributed by atoms with Gasteiger partial charge < -0.3 is 4.74 Å². The van der Waals surface area contributed by atoms with Gasteiger partial charge in [-0.05, 0) is 6.92 Å². The van der Waals surface area contributed by atoms with Gasteiger partial charge in [-0.15, -0.1) is 0 Å². The molecule has 18 heavy (non-hydrogen) atoms. The molecule has 3 nitrogen and oxygen atoms in total. The summed E-state index contributed by atoms with van der Waals surface area (Å²) in [4.78, 5) is 14.9. The Bertz CT molecular complexity index is 441. The third kappa shape index (κ3) is 3.44. The third-order valence-electron chi connectivity index (χ3n) is 2.19. The summed E-state index contributed by atoms with van der Waals surface area (Å²) in [6.07, 6.45) is -2.31. The zero-order chi connectivity index (χ0) is 13.7. The molecule has 0 aliphatic heterocycles. The molecule has 0 N–H and O–H groups in total. The molecular weight excluding hydrogens is 315 g/mol. The maximum atomic E-state index is 13.8. The number of hydrogen-bond donors (Lipinski definition) is 0. The van der Waals surface area contributed by atoms with Gasteiger partial charge in [-0.25, -0.2) is 13.2 Å². The Balaban J connectivity index is 3.08. The van der Waals surface area contributed by atoms with E-state index in [1.807, 2.05) is 0 Å². The highest BCUT2D eigenvalue weighted by atomic mass is 79.9. The molecule has 0 amide bonds. The van der Waals surface area contributed by atoms with E-state index >= 15 is 0 Å². The lowest BCUT2D eigenvalue weighted by Crippen LogP contribution is -2.12. The zero-order valence-corrected chi connectivity index (χ0v) is 11.1. The molecule has 0 aliphatic carbocycles. The molecule has 0 radical (unpaired) electrons. The molecule has 0 saturated carbocycles. The number of carbonyl (C=O) groups excluding carboxylic acids is 1. The van der Waals surface area contributed by atoms with Crippen LogP contribution in [0.2, 0.25) is 0 Å². The topological polar surface area (TPSA) is 39.2 Å². The number of hydrogen-bond acceptors (Lipinski definition) is 3. The number of aromatic nitrogens is 1. The van der Waals surface area contributed by atoms with Gasteiger partial charge >= 0.3 is 5.97 Å². The summed E-state index contributed by atoms with van der Waals surface area (Å²) >= 11 is 2.96. The van der Waals surface area contributed by atoms with E-state index in [0.717, 1.165) is 6.20 Å². The second-order valence-electron chi connectivity index (χ2n) is 3.37. The fourth-order valence-electron chi connectivity index (χ4n) is 1.40. The Morgan fingerprint density at radius 3 is 2.72 bits per heavy atom. The summed E-state index contributed by atoms with van der Waals surface area (Å²) in [7, 11) is 0. The van der Waals surface area contributed by atoms with Gasteiger partial charge in [0.25, 0.3) is 6.43 Å². The van der Waals surface area contributed by atoms with Crippen molar-refractivity contribution in [1.29, 1.82) is 0 Å². The Hall–Kier alpha value is -1.11. The van der Waals surface area contributed by atoms with Crippen LogP contribution in [0.25, 0.3) is 0 Å². The molecule has 0 aliphatic rings. The van der Waals surface area contributed by atoms with Crippen molar-refractivity contribution >= 4 is 21.9 Å². The molecule has 0 bridgehead atoms. The van der Waals surface area contributed by atoms with Crippen LogP contribution in [0.3, 0.4) is 0 Å². The summed E-state index contributed by atoms with van der Waals surface area (Å²) in [6, 6.07) is 0. The molecule has 0 fully saturated rings. The van der Waals surface area contributed by atoms with Crippen LogP contribution < -0.4 is 0 Å². The van der Waals surface area contributed by atoms with Gasteiger partial charge in [-0.1, -0.05) is 15.9 Å². The standard InChI is InChI=1S/C11H11BrF3NO2/c1-2-18-8(17)3-6-5-16-7(4-12)9(10(6)13)11(14)15/h5,11H,2-4H2,1H3. The molecular formula is C11H11BrF3NO2. The fraction of sp³-hybridized carbons (Fsp3) is 0.455. The van der Waals surface area contributed by atoms with Crippen molar-refractivity contribution < 1.29 is 22.7 Å². The largest absolute Gasteiger partial charge is 0.466 e. The average Bonchev–Trinajstić information content (AvgIpc) is 2.31. The first kappa shape index (κ1) is 14.9. The lowest BCUT2D eigenvalue weighted by Gasteiger charge is -2.10. The molecule has 1 aromatic rings. The first-order valence-corrected chi connectivity index (χ1v) is 6.29. The molecule has 100 valence electrons. The van der Waals surface area contributed by atoms with E-state index in [1.165, 1.54) is 0 Å². The summed E-state index contributed by atoms with van der Waals surface area (Å²) in [5.41, 5.74) is -1.03. The number of ether oxygens (including phenoxy) is 1. The van der Waals surface area contributed by atoms with Gasteiger partial charge in [0.1, 0.15) is 5.82 Å². The van der Waals surface area contributed by atoms with Crippen LogP contribution >= 0.6 is 15.9 Å². The van der Waals surface area contributed by atoms with Gasteiger partial charge in [0.05, 0.1) is 24.3 Å². The van der Waals surface area contributed by atoms with Crippen LogP contribution in [0.4, 0.5) is 13.2 Å².